The molecule has 1 atom stereocenters. The van der Waals surface area contributed by atoms with Gasteiger partial charge < -0.3 is 14.8 Å². The number of fused-ring (bicyclic) bond motifs is 3. The fraction of sp³-hybridized carbons (Fsp3) is 0.115. The first kappa shape index (κ1) is 19.1. The number of anilines is 1. The van der Waals surface area contributed by atoms with Crippen molar-refractivity contribution in [3.05, 3.63) is 119 Å². The molecule has 2 heterocycles. The average Bonchev–Trinajstić information content (AvgIpc) is 3.19. The predicted octanol–water partition coefficient (Wildman–Crippen LogP) is 6.06. The number of carbonyl (C=O) groups is 1. The predicted molar refractivity (Wildman–Crippen MR) is 120 cm³/mol. The van der Waals surface area contributed by atoms with Gasteiger partial charge in [-0.1, -0.05) is 60.2 Å². The Bertz CT molecular complexity index is 1260. The maximum Gasteiger partial charge on any atom is 0.323 e. The van der Waals surface area contributed by atoms with Gasteiger partial charge in [0.05, 0.1) is 24.0 Å². The van der Waals surface area contributed by atoms with Gasteiger partial charge in [0.15, 0.2) is 0 Å². The van der Waals surface area contributed by atoms with Crippen molar-refractivity contribution in [1.29, 1.82) is 0 Å². The van der Waals surface area contributed by atoms with Crippen LogP contribution in [0, 0.1) is 12.7 Å². The van der Waals surface area contributed by atoms with Crippen LogP contribution in [0.25, 0.3) is 5.69 Å². The van der Waals surface area contributed by atoms with Gasteiger partial charge in [0.1, 0.15) is 5.82 Å². The van der Waals surface area contributed by atoms with Crippen LogP contribution in [0.5, 0.6) is 0 Å². The van der Waals surface area contributed by atoms with E-state index in [1.54, 1.807) is 23.1 Å². The second-order valence-electron chi connectivity index (χ2n) is 7.79. The summed E-state index contributed by atoms with van der Waals surface area (Å²) in [6, 6.07) is 25.8. The van der Waals surface area contributed by atoms with Crippen molar-refractivity contribution in [2.24, 2.45) is 0 Å². The number of hydrogen-bond acceptors (Lipinski definition) is 1. The number of para-hydroxylation sites is 2. The lowest BCUT2D eigenvalue weighted by Gasteiger charge is -2.31. The highest BCUT2D eigenvalue weighted by atomic mass is 19.1. The van der Waals surface area contributed by atoms with Crippen LogP contribution < -0.4 is 5.32 Å². The first-order valence-corrected chi connectivity index (χ1v) is 10.3. The number of urea groups is 1. The Morgan fingerprint density at radius 2 is 1.77 bits per heavy atom. The fourth-order valence-corrected chi connectivity index (χ4v) is 4.28. The van der Waals surface area contributed by atoms with Crippen molar-refractivity contribution in [2.45, 2.75) is 19.5 Å². The molecule has 1 aromatic heterocycles. The molecule has 0 spiro atoms. The summed E-state index contributed by atoms with van der Waals surface area (Å²) in [5, 5.41) is 2.78. The lowest BCUT2D eigenvalue weighted by atomic mass is 10.00. The summed E-state index contributed by atoms with van der Waals surface area (Å²) >= 11 is 0. The molecule has 0 bridgehead atoms. The number of amides is 2. The first-order chi connectivity index (χ1) is 15.1. The summed E-state index contributed by atoms with van der Waals surface area (Å²) in [5.41, 5.74) is 5.35. The van der Waals surface area contributed by atoms with Crippen molar-refractivity contribution in [3.63, 3.8) is 0 Å². The number of carbonyl (C=O) groups excluding carboxylic acids is 1. The molecule has 0 fully saturated rings. The molecule has 1 aliphatic heterocycles. The Morgan fingerprint density at radius 3 is 2.61 bits per heavy atom. The number of halogens is 1. The van der Waals surface area contributed by atoms with E-state index in [0.717, 1.165) is 28.1 Å². The highest BCUT2D eigenvalue weighted by Crippen LogP contribution is 2.37. The molecule has 31 heavy (non-hydrogen) atoms. The molecular weight excluding hydrogens is 389 g/mol. The zero-order valence-electron chi connectivity index (χ0n) is 17.1. The summed E-state index contributed by atoms with van der Waals surface area (Å²) < 4.78 is 16.4. The van der Waals surface area contributed by atoms with Crippen LogP contribution in [0.3, 0.4) is 0 Å². The minimum absolute atomic E-state index is 0.170. The third kappa shape index (κ3) is 3.48. The number of nitrogens with zero attached hydrogens (tertiary/aromatic N) is 2. The van der Waals surface area contributed by atoms with E-state index in [2.05, 4.69) is 22.0 Å². The van der Waals surface area contributed by atoms with E-state index in [9.17, 15) is 9.18 Å². The van der Waals surface area contributed by atoms with Gasteiger partial charge in [-0.05, 0) is 48.4 Å². The summed E-state index contributed by atoms with van der Waals surface area (Å²) in [6.45, 7) is 2.44. The molecule has 1 N–H and O–H groups in total. The quantitative estimate of drug-likeness (QED) is 0.428. The van der Waals surface area contributed by atoms with Gasteiger partial charge in [-0.25, -0.2) is 9.18 Å². The smallest absolute Gasteiger partial charge is 0.318 e. The highest BCUT2D eigenvalue weighted by molar-refractivity contribution is 5.90. The third-order valence-electron chi connectivity index (χ3n) is 5.70. The van der Waals surface area contributed by atoms with Gasteiger partial charge >= 0.3 is 6.03 Å². The number of aromatic nitrogens is 1. The Labute approximate surface area is 180 Å². The van der Waals surface area contributed by atoms with E-state index in [0.29, 0.717) is 6.54 Å². The van der Waals surface area contributed by atoms with Crippen LogP contribution in [0.1, 0.15) is 28.4 Å². The molecule has 0 aliphatic carbocycles. The third-order valence-corrected chi connectivity index (χ3v) is 5.70. The maximum atomic E-state index is 14.3. The van der Waals surface area contributed by atoms with Gasteiger partial charge in [-0.2, -0.15) is 0 Å². The van der Waals surface area contributed by atoms with Crippen LogP contribution in [-0.4, -0.2) is 15.5 Å². The zero-order chi connectivity index (χ0) is 21.4. The largest absolute Gasteiger partial charge is 0.323 e. The minimum atomic E-state index is -0.457. The Kier molecular flexibility index (Phi) is 4.79. The number of benzene rings is 3. The van der Waals surface area contributed by atoms with Crippen molar-refractivity contribution in [3.8, 4) is 5.69 Å². The summed E-state index contributed by atoms with van der Waals surface area (Å²) in [7, 11) is 0. The maximum absolute atomic E-state index is 14.3. The topological polar surface area (TPSA) is 37.3 Å². The molecule has 2 amide bonds. The molecule has 0 saturated heterocycles. The molecule has 5 rings (SSSR count). The lowest BCUT2D eigenvalue weighted by molar-refractivity contribution is 0.194. The first-order valence-electron chi connectivity index (χ1n) is 10.3. The van der Waals surface area contributed by atoms with Crippen LogP contribution in [0.4, 0.5) is 14.9 Å². The van der Waals surface area contributed by atoms with E-state index in [1.807, 2.05) is 61.7 Å². The standard InChI is InChI=1S/C26H22FN3O/c1-18-8-6-10-19(16-18)25-24-14-7-15-29(24)23-13-5-2-9-20(23)17-30(25)26(31)28-22-12-4-3-11-21(22)27/h2-16,25H,17H2,1H3,(H,28,31). The normalized spacial score (nSPS) is 15.0. The molecule has 5 heteroatoms. The highest BCUT2D eigenvalue weighted by Gasteiger charge is 2.33. The van der Waals surface area contributed by atoms with Gasteiger partial charge in [-0.15, -0.1) is 0 Å². The molecule has 0 radical (unpaired) electrons. The molecule has 4 aromatic rings. The number of nitrogens with one attached hydrogen (secondary N) is 1. The Balaban J connectivity index is 1.65. The van der Waals surface area contributed by atoms with Crippen molar-refractivity contribution < 1.29 is 9.18 Å². The van der Waals surface area contributed by atoms with Gasteiger partial charge in [-0.3, -0.25) is 0 Å². The van der Waals surface area contributed by atoms with Crippen LogP contribution in [0.15, 0.2) is 91.1 Å². The van der Waals surface area contributed by atoms with Crippen molar-refractivity contribution in [1.82, 2.24) is 9.47 Å². The second kappa shape index (κ2) is 7.76. The molecule has 4 nitrogen and oxygen atoms in total. The summed E-state index contributed by atoms with van der Waals surface area (Å²) in [5.74, 6) is -0.457. The minimum Gasteiger partial charge on any atom is -0.318 e. The van der Waals surface area contributed by atoms with E-state index in [-0.39, 0.29) is 17.8 Å². The number of aryl methyl sites for hydroxylation is 1. The number of rotatable bonds is 2. The average molecular weight is 411 g/mol. The molecule has 0 saturated carbocycles. The molecular formula is C26H22FN3O. The summed E-state index contributed by atoms with van der Waals surface area (Å²) in [4.78, 5) is 15.3. The van der Waals surface area contributed by atoms with Gasteiger partial charge in [0.2, 0.25) is 0 Å². The van der Waals surface area contributed by atoms with Crippen LogP contribution >= 0.6 is 0 Å². The molecule has 1 unspecified atom stereocenters. The monoisotopic (exact) mass is 411 g/mol. The van der Waals surface area contributed by atoms with E-state index >= 15 is 0 Å². The Hall–Kier alpha value is -3.86. The lowest BCUT2D eigenvalue weighted by Crippen LogP contribution is -2.38. The van der Waals surface area contributed by atoms with E-state index in [1.165, 1.54) is 6.07 Å². The Morgan fingerprint density at radius 1 is 0.968 bits per heavy atom. The molecule has 154 valence electrons. The molecule has 3 aromatic carbocycles. The number of hydrogen-bond donors (Lipinski definition) is 1. The van der Waals surface area contributed by atoms with E-state index < -0.39 is 5.82 Å². The van der Waals surface area contributed by atoms with Gasteiger partial charge in [0, 0.05) is 11.9 Å². The zero-order valence-corrected chi connectivity index (χ0v) is 17.1. The van der Waals surface area contributed by atoms with Crippen LogP contribution in [0.2, 0.25) is 0 Å². The van der Waals surface area contributed by atoms with Crippen molar-refractivity contribution in [2.75, 3.05) is 5.32 Å². The summed E-state index contributed by atoms with van der Waals surface area (Å²) in [6.07, 6.45) is 2.02. The van der Waals surface area contributed by atoms with E-state index in [4.69, 9.17) is 0 Å². The van der Waals surface area contributed by atoms with Crippen LogP contribution in [-0.2, 0) is 6.54 Å². The molecule has 1 aliphatic rings. The SMILES string of the molecule is Cc1cccc(C2c3cccn3-c3ccccc3CN2C(=O)Nc2ccccc2F)c1. The second-order valence-corrected chi connectivity index (χ2v) is 7.79. The van der Waals surface area contributed by atoms with Gasteiger partial charge in [0.25, 0.3) is 0 Å². The van der Waals surface area contributed by atoms with Crippen molar-refractivity contribution >= 4 is 11.7 Å². The fourth-order valence-electron chi connectivity index (χ4n) is 4.28.